The molecule has 0 saturated carbocycles. The molecule has 0 aromatic heterocycles. The van der Waals surface area contributed by atoms with Gasteiger partial charge in [-0.05, 0) is 24.1 Å². The van der Waals surface area contributed by atoms with E-state index in [1.165, 1.54) is 0 Å². The Morgan fingerprint density at radius 3 is 2.81 bits per heavy atom. The van der Waals surface area contributed by atoms with Crippen molar-refractivity contribution in [2.24, 2.45) is 5.92 Å². The molecule has 0 spiro atoms. The number of nitrogens with one attached hydrogen (secondary N) is 2. The van der Waals surface area contributed by atoms with Gasteiger partial charge < -0.3 is 15.5 Å². The van der Waals surface area contributed by atoms with E-state index in [2.05, 4.69) is 10.6 Å². The number of halogens is 1. The van der Waals surface area contributed by atoms with E-state index in [0.717, 1.165) is 37.3 Å². The van der Waals surface area contributed by atoms with E-state index in [4.69, 9.17) is 0 Å². The number of nitrogens with zero attached hydrogens (tertiary/aromatic N) is 1. The SMILES string of the molecule is Cl.O=C(NCc1cccc(N2CCCC2=O)c1)C1CNC1. The zero-order valence-corrected chi connectivity index (χ0v) is 12.6. The molecule has 2 fully saturated rings. The topological polar surface area (TPSA) is 61.4 Å². The molecule has 0 aliphatic carbocycles. The summed E-state index contributed by atoms with van der Waals surface area (Å²) in [7, 11) is 0. The lowest BCUT2D eigenvalue weighted by atomic mass is 10.0. The predicted octanol–water partition coefficient (Wildman–Crippen LogP) is 1.07. The van der Waals surface area contributed by atoms with Crippen LogP contribution in [0.4, 0.5) is 5.69 Å². The van der Waals surface area contributed by atoms with E-state index >= 15 is 0 Å². The number of hydrogen-bond donors (Lipinski definition) is 2. The van der Waals surface area contributed by atoms with E-state index in [1.54, 1.807) is 0 Å². The standard InChI is InChI=1S/C15H19N3O2.ClH/c19-14-5-2-6-18(14)13-4-1-3-11(7-13)8-17-15(20)12-9-16-10-12;/h1,3-4,7,12,16H,2,5-6,8-10H2,(H,17,20);1H. The fraction of sp³-hybridized carbons (Fsp3) is 0.467. The second-order valence-corrected chi connectivity index (χ2v) is 5.39. The third-order valence-corrected chi connectivity index (χ3v) is 3.91. The summed E-state index contributed by atoms with van der Waals surface area (Å²) >= 11 is 0. The van der Waals surface area contributed by atoms with E-state index in [-0.39, 0.29) is 30.1 Å². The largest absolute Gasteiger partial charge is 0.352 e. The highest BCUT2D eigenvalue weighted by Gasteiger charge is 2.24. The lowest BCUT2D eigenvalue weighted by Gasteiger charge is -2.25. The third-order valence-electron chi connectivity index (χ3n) is 3.91. The summed E-state index contributed by atoms with van der Waals surface area (Å²) < 4.78 is 0. The molecule has 2 heterocycles. The number of rotatable bonds is 4. The van der Waals surface area contributed by atoms with Gasteiger partial charge in [0, 0.05) is 38.3 Å². The van der Waals surface area contributed by atoms with Gasteiger partial charge in [-0.25, -0.2) is 0 Å². The van der Waals surface area contributed by atoms with Crippen molar-refractivity contribution in [2.45, 2.75) is 19.4 Å². The van der Waals surface area contributed by atoms with Gasteiger partial charge in [-0.15, -0.1) is 12.4 Å². The van der Waals surface area contributed by atoms with Gasteiger partial charge in [-0.3, -0.25) is 9.59 Å². The zero-order valence-electron chi connectivity index (χ0n) is 11.8. The maximum Gasteiger partial charge on any atom is 0.227 e. The fourth-order valence-electron chi connectivity index (χ4n) is 2.56. The van der Waals surface area contributed by atoms with Gasteiger partial charge in [0.25, 0.3) is 0 Å². The summed E-state index contributed by atoms with van der Waals surface area (Å²) in [4.78, 5) is 25.3. The minimum Gasteiger partial charge on any atom is -0.352 e. The van der Waals surface area contributed by atoms with Gasteiger partial charge in [0.1, 0.15) is 0 Å². The van der Waals surface area contributed by atoms with Gasteiger partial charge in [0.05, 0.1) is 5.92 Å². The van der Waals surface area contributed by atoms with Crippen LogP contribution in [-0.4, -0.2) is 31.4 Å². The van der Waals surface area contributed by atoms with E-state index in [0.29, 0.717) is 13.0 Å². The van der Waals surface area contributed by atoms with Crippen molar-refractivity contribution in [2.75, 3.05) is 24.5 Å². The van der Waals surface area contributed by atoms with Crippen LogP contribution in [0.1, 0.15) is 18.4 Å². The van der Waals surface area contributed by atoms with Crippen molar-refractivity contribution in [1.29, 1.82) is 0 Å². The highest BCUT2D eigenvalue weighted by molar-refractivity contribution is 5.95. The van der Waals surface area contributed by atoms with Crippen LogP contribution in [0.15, 0.2) is 24.3 Å². The second kappa shape index (κ2) is 6.91. The minimum atomic E-state index is 0. The number of hydrogen-bond acceptors (Lipinski definition) is 3. The van der Waals surface area contributed by atoms with Gasteiger partial charge in [-0.2, -0.15) is 0 Å². The summed E-state index contributed by atoms with van der Waals surface area (Å²) in [6.45, 7) is 2.86. The van der Waals surface area contributed by atoms with Gasteiger partial charge >= 0.3 is 0 Å². The van der Waals surface area contributed by atoms with Gasteiger partial charge in [0.15, 0.2) is 0 Å². The predicted molar refractivity (Wildman–Crippen MR) is 83.5 cm³/mol. The molecular weight excluding hydrogens is 290 g/mol. The molecule has 0 radical (unpaired) electrons. The lowest BCUT2D eigenvalue weighted by molar-refractivity contribution is -0.126. The van der Waals surface area contributed by atoms with Crippen molar-refractivity contribution in [3.63, 3.8) is 0 Å². The number of carbonyl (C=O) groups excluding carboxylic acids is 2. The van der Waals surface area contributed by atoms with E-state index in [9.17, 15) is 9.59 Å². The first-order valence-corrected chi connectivity index (χ1v) is 7.12. The average molecular weight is 310 g/mol. The molecule has 0 unspecified atom stereocenters. The third kappa shape index (κ3) is 3.54. The molecule has 1 aromatic carbocycles. The number of anilines is 1. The lowest BCUT2D eigenvalue weighted by Crippen LogP contribution is -2.50. The monoisotopic (exact) mass is 309 g/mol. The molecule has 21 heavy (non-hydrogen) atoms. The summed E-state index contributed by atoms with van der Waals surface area (Å²) in [5.74, 6) is 0.400. The molecule has 2 amide bonds. The van der Waals surface area contributed by atoms with Gasteiger partial charge in [-0.1, -0.05) is 12.1 Å². The maximum atomic E-state index is 11.8. The molecular formula is C15H20ClN3O2. The first kappa shape index (κ1) is 15.8. The quantitative estimate of drug-likeness (QED) is 0.874. The van der Waals surface area contributed by atoms with Crippen LogP contribution in [0.5, 0.6) is 0 Å². The Kier molecular flexibility index (Phi) is 5.20. The highest BCUT2D eigenvalue weighted by atomic mass is 35.5. The Morgan fingerprint density at radius 1 is 1.38 bits per heavy atom. The average Bonchev–Trinajstić information content (AvgIpc) is 2.81. The van der Waals surface area contributed by atoms with Crippen molar-refractivity contribution < 1.29 is 9.59 Å². The normalized spacial score (nSPS) is 18.1. The Bertz CT molecular complexity index is 531. The van der Waals surface area contributed by atoms with Gasteiger partial charge in [0.2, 0.25) is 11.8 Å². The smallest absolute Gasteiger partial charge is 0.227 e. The Labute approximate surface area is 130 Å². The van der Waals surface area contributed by atoms with Crippen LogP contribution in [0, 0.1) is 5.92 Å². The molecule has 0 atom stereocenters. The maximum absolute atomic E-state index is 11.8. The molecule has 2 N–H and O–H groups in total. The molecule has 2 aliphatic rings. The molecule has 1 aromatic rings. The van der Waals surface area contributed by atoms with Crippen molar-refractivity contribution >= 4 is 29.9 Å². The van der Waals surface area contributed by atoms with Crippen LogP contribution in [0.25, 0.3) is 0 Å². The molecule has 5 nitrogen and oxygen atoms in total. The van der Waals surface area contributed by atoms with Crippen LogP contribution >= 0.6 is 12.4 Å². The molecule has 2 aliphatic heterocycles. The fourth-order valence-corrected chi connectivity index (χ4v) is 2.56. The molecule has 2 saturated heterocycles. The summed E-state index contributed by atoms with van der Waals surface area (Å²) in [5.41, 5.74) is 1.97. The van der Waals surface area contributed by atoms with Crippen molar-refractivity contribution in [3.05, 3.63) is 29.8 Å². The number of carbonyl (C=O) groups is 2. The molecule has 114 valence electrons. The highest BCUT2D eigenvalue weighted by Crippen LogP contribution is 2.22. The number of amides is 2. The Morgan fingerprint density at radius 2 is 2.19 bits per heavy atom. The molecule has 3 rings (SSSR count). The summed E-state index contributed by atoms with van der Waals surface area (Å²) in [6, 6.07) is 7.85. The summed E-state index contributed by atoms with van der Waals surface area (Å²) in [6.07, 6.45) is 1.56. The Balaban J connectivity index is 0.00000161. The molecule has 6 heteroatoms. The summed E-state index contributed by atoms with van der Waals surface area (Å²) in [5, 5.41) is 6.03. The first-order valence-electron chi connectivity index (χ1n) is 7.12. The number of benzene rings is 1. The zero-order chi connectivity index (χ0) is 13.9. The minimum absolute atomic E-state index is 0. The van der Waals surface area contributed by atoms with E-state index < -0.39 is 0 Å². The first-order chi connectivity index (χ1) is 9.74. The van der Waals surface area contributed by atoms with Crippen LogP contribution in [-0.2, 0) is 16.1 Å². The van der Waals surface area contributed by atoms with Crippen molar-refractivity contribution in [1.82, 2.24) is 10.6 Å². The van der Waals surface area contributed by atoms with E-state index in [1.807, 2.05) is 29.2 Å². The second-order valence-electron chi connectivity index (χ2n) is 5.39. The van der Waals surface area contributed by atoms with Crippen molar-refractivity contribution in [3.8, 4) is 0 Å². The Hall–Kier alpha value is -1.59. The molecule has 0 bridgehead atoms. The van der Waals surface area contributed by atoms with Crippen LogP contribution < -0.4 is 15.5 Å². The van der Waals surface area contributed by atoms with Crippen LogP contribution in [0.3, 0.4) is 0 Å². The van der Waals surface area contributed by atoms with Crippen LogP contribution in [0.2, 0.25) is 0 Å².